The molecule has 1 fully saturated rings. The number of aliphatic carboxylic acids is 1. The summed E-state index contributed by atoms with van der Waals surface area (Å²) in [5.41, 5.74) is 2.03. The van der Waals surface area contributed by atoms with Gasteiger partial charge in [0.15, 0.2) is 0 Å². The minimum absolute atomic E-state index is 0.000764. The zero-order chi connectivity index (χ0) is 18.0. The monoisotopic (exact) mass is 345 g/mol. The molecule has 1 aromatic rings. The first kappa shape index (κ1) is 17.3. The predicted octanol–water partition coefficient (Wildman–Crippen LogP) is 1.84. The maximum atomic E-state index is 12.5. The molecule has 1 heterocycles. The first-order chi connectivity index (χ1) is 11.9. The van der Waals surface area contributed by atoms with Gasteiger partial charge in [-0.2, -0.15) is 0 Å². The first-order valence-electron chi connectivity index (χ1n) is 8.62. The van der Waals surface area contributed by atoms with E-state index in [0.29, 0.717) is 49.9 Å². The Kier molecular flexibility index (Phi) is 4.92. The number of carbonyl (C=O) groups excluding carboxylic acids is 2. The molecule has 0 unspecified atom stereocenters. The van der Waals surface area contributed by atoms with Gasteiger partial charge >= 0.3 is 5.97 Å². The molecule has 0 bridgehead atoms. The van der Waals surface area contributed by atoms with Crippen molar-refractivity contribution < 1.29 is 19.5 Å². The summed E-state index contributed by atoms with van der Waals surface area (Å²) < 4.78 is 0. The zero-order valence-corrected chi connectivity index (χ0v) is 14.2. The molecule has 0 spiro atoms. The summed E-state index contributed by atoms with van der Waals surface area (Å²) in [5, 5.41) is 14.9. The van der Waals surface area contributed by atoms with Crippen molar-refractivity contribution in [3.8, 4) is 0 Å². The van der Waals surface area contributed by atoms with Crippen molar-refractivity contribution in [1.82, 2.24) is 5.32 Å². The number of nitrogens with zero attached hydrogens (tertiary/aromatic N) is 1. The van der Waals surface area contributed by atoms with Gasteiger partial charge in [-0.3, -0.25) is 14.4 Å². The lowest BCUT2D eigenvalue weighted by molar-refractivity contribution is -0.142. The van der Waals surface area contributed by atoms with Crippen LogP contribution in [0.4, 0.5) is 11.4 Å². The van der Waals surface area contributed by atoms with Crippen LogP contribution in [0.3, 0.4) is 0 Å². The maximum absolute atomic E-state index is 12.5. The van der Waals surface area contributed by atoms with E-state index in [1.165, 1.54) is 0 Å². The second-order valence-corrected chi connectivity index (χ2v) is 6.81. The molecule has 1 aromatic carbocycles. The molecule has 0 aromatic heterocycles. The van der Waals surface area contributed by atoms with Crippen molar-refractivity contribution in [1.29, 1.82) is 0 Å². The summed E-state index contributed by atoms with van der Waals surface area (Å²) in [6, 6.07) is 5.30. The molecule has 7 heteroatoms. The molecule has 1 aliphatic heterocycles. The van der Waals surface area contributed by atoms with Gasteiger partial charge in [-0.1, -0.05) is 0 Å². The van der Waals surface area contributed by atoms with E-state index in [0.717, 1.165) is 5.69 Å². The van der Waals surface area contributed by atoms with Gasteiger partial charge in [0.2, 0.25) is 5.91 Å². The SMILES string of the molecule is CN1CCC(=O)Nc2cc(C(=O)NC3CCC(C(=O)O)CC3)ccc21. The number of carbonyl (C=O) groups is 3. The van der Waals surface area contributed by atoms with Crippen LogP contribution in [0.25, 0.3) is 0 Å². The number of hydrogen-bond acceptors (Lipinski definition) is 4. The highest BCUT2D eigenvalue weighted by atomic mass is 16.4. The molecule has 1 saturated carbocycles. The van der Waals surface area contributed by atoms with E-state index >= 15 is 0 Å². The third kappa shape index (κ3) is 3.92. The van der Waals surface area contributed by atoms with E-state index in [4.69, 9.17) is 5.11 Å². The lowest BCUT2D eigenvalue weighted by atomic mass is 9.86. The third-order valence-electron chi connectivity index (χ3n) is 5.03. The second-order valence-electron chi connectivity index (χ2n) is 6.81. The van der Waals surface area contributed by atoms with Crippen molar-refractivity contribution in [2.24, 2.45) is 5.92 Å². The fourth-order valence-corrected chi connectivity index (χ4v) is 3.47. The second kappa shape index (κ2) is 7.13. The van der Waals surface area contributed by atoms with Crippen LogP contribution in [-0.4, -0.2) is 42.5 Å². The number of hydrogen-bond donors (Lipinski definition) is 3. The highest BCUT2D eigenvalue weighted by Crippen LogP contribution is 2.29. The number of fused-ring (bicyclic) bond motifs is 1. The van der Waals surface area contributed by atoms with E-state index in [1.807, 2.05) is 18.0 Å². The van der Waals surface area contributed by atoms with Crippen LogP contribution in [0.2, 0.25) is 0 Å². The lowest BCUT2D eigenvalue weighted by Crippen LogP contribution is -2.38. The summed E-state index contributed by atoms with van der Waals surface area (Å²) in [7, 11) is 1.92. The topological polar surface area (TPSA) is 98.7 Å². The van der Waals surface area contributed by atoms with Gasteiger partial charge in [0.25, 0.3) is 5.91 Å². The number of carboxylic acids is 1. The average molecular weight is 345 g/mol. The van der Waals surface area contributed by atoms with E-state index in [9.17, 15) is 14.4 Å². The molecule has 3 N–H and O–H groups in total. The number of anilines is 2. The Balaban J connectivity index is 1.67. The molecular formula is C18H23N3O4. The van der Waals surface area contributed by atoms with Crippen molar-refractivity contribution in [2.75, 3.05) is 23.8 Å². The summed E-state index contributed by atoms with van der Waals surface area (Å²) in [4.78, 5) is 37.3. The Hall–Kier alpha value is -2.57. The molecule has 134 valence electrons. The third-order valence-corrected chi connectivity index (χ3v) is 5.03. The molecule has 1 aliphatic carbocycles. The Morgan fingerprint density at radius 2 is 1.96 bits per heavy atom. The molecule has 2 amide bonds. The fraction of sp³-hybridized carbons (Fsp3) is 0.500. The maximum Gasteiger partial charge on any atom is 0.306 e. The van der Waals surface area contributed by atoms with Crippen LogP contribution in [0.15, 0.2) is 18.2 Å². The molecular weight excluding hydrogens is 322 g/mol. The van der Waals surface area contributed by atoms with Crippen molar-refractivity contribution in [3.63, 3.8) is 0 Å². The number of benzene rings is 1. The van der Waals surface area contributed by atoms with Crippen LogP contribution >= 0.6 is 0 Å². The predicted molar refractivity (Wildman–Crippen MR) is 93.8 cm³/mol. The van der Waals surface area contributed by atoms with Gasteiger partial charge in [0.1, 0.15) is 0 Å². The smallest absolute Gasteiger partial charge is 0.306 e. The Morgan fingerprint density at radius 1 is 1.24 bits per heavy atom. The van der Waals surface area contributed by atoms with Gasteiger partial charge in [-0.15, -0.1) is 0 Å². The van der Waals surface area contributed by atoms with Crippen molar-refractivity contribution in [3.05, 3.63) is 23.8 Å². The van der Waals surface area contributed by atoms with Crippen LogP contribution in [0, 0.1) is 5.92 Å². The normalized spacial score (nSPS) is 23.2. The minimum Gasteiger partial charge on any atom is -0.481 e. The quantitative estimate of drug-likeness (QED) is 0.776. The van der Waals surface area contributed by atoms with Crippen LogP contribution in [-0.2, 0) is 9.59 Å². The molecule has 2 aliphatic rings. The number of nitrogens with one attached hydrogen (secondary N) is 2. The number of carboxylic acid groups (broad SMARTS) is 1. The summed E-state index contributed by atoms with van der Waals surface area (Å²) >= 11 is 0. The average Bonchev–Trinajstić information content (AvgIpc) is 2.73. The Bertz CT molecular complexity index is 696. The van der Waals surface area contributed by atoms with Crippen LogP contribution < -0.4 is 15.5 Å². The summed E-state index contributed by atoms with van der Waals surface area (Å²) in [6.07, 6.45) is 2.94. The van der Waals surface area contributed by atoms with Gasteiger partial charge < -0.3 is 20.6 Å². The highest BCUT2D eigenvalue weighted by molar-refractivity contribution is 6.01. The summed E-state index contributed by atoms with van der Waals surface area (Å²) in [6.45, 7) is 0.636. The van der Waals surface area contributed by atoms with E-state index in [1.54, 1.807) is 12.1 Å². The molecule has 7 nitrogen and oxygen atoms in total. The minimum atomic E-state index is -0.754. The van der Waals surface area contributed by atoms with E-state index < -0.39 is 5.97 Å². The molecule has 3 rings (SSSR count). The van der Waals surface area contributed by atoms with Crippen LogP contribution in [0.5, 0.6) is 0 Å². The van der Waals surface area contributed by atoms with Crippen LogP contribution in [0.1, 0.15) is 42.5 Å². The largest absolute Gasteiger partial charge is 0.481 e. The van der Waals surface area contributed by atoms with Gasteiger partial charge in [0.05, 0.1) is 17.3 Å². The first-order valence-corrected chi connectivity index (χ1v) is 8.62. The number of rotatable bonds is 3. The zero-order valence-electron chi connectivity index (χ0n) is 14.2. The highest BCUT2D eigenvalue weighted by Gasteiger charge is 2.27. The van der Waals surface area contributed by atoms with Gasteiger partial charge in [0, 0.05) is 31.6 Å². The van der Waals surface area contributed by atoms with E-state index in [2.05, 4.69) is 10.6 Å². The van der Waals surface area contributed by atoms with Crippen molar-refractivity contribution in [2.45, 2.75) is 38.1 Å². The Labute approximate surface area is 146 Å². The lowest BCUT2D eigenvalue weighted by Gasteiger charge is -2.27. The molecule has 0 atom stereocenters. The Morgan fingerprint density at radius 3 is 2.64 bits per heavy atom. The van der Waals surface area contributed by atoms with Gasteiger partial charge in [-0.05, 0) is 43.9 Å². The molecule has 0 radical (unpaired) electrons. The van der Waals surface area contributed by atoms with E-state index in [-0.39, 0.29) is 23.8 Å². The standard InChI is InChI=1S/C18H23N3O4/c1-21-9-8-16(22)20-14-10-12(4-7-15(14)21)17(23)19-13-5-2-11(3-6-13)18(24)25/h4,7,10-11,13H,2-3,5-6,8-9H2,1H3,(H,19,23)(H,20,22)(H,24,25). The summed E-state index contributed by atoms with van der Waals surface area (Å²) in [5.74, 6) is -1.31. The fourth-order valence-electron chi connectivity index (χ4n) is 3.47. The van der Waals surface area contributed by atoms with Gasteiger partial charge in [-0.25, -0.2) is 0 Å². The molecule has 25 heavy (non-hydrogen) atoms. The van der Waals surface area contributed by atoms with Crippen molar-refractivity contribution >= 4 is 29.2 Å². The molecule has 0 saturated heterocycles. The number of amides is 2.